The minimum absolute atomic E-state index is 0.0227. The maximum Gasteiger partial charge on any atom is 0.255 e. The van der Waals surface area contributed by atoms with E-state index in [1.54, 1.807) is 0 Å². The second-order valence-electron chi connectivity index (χ2n) is 6.36. The number of fused-ring (bicyclic) bond motifs is 1. The summed E-state index contributed by atoms with van der Waals surface area (Å²) in [5.74, 6) is 0.664. The van der Waals surface area contributed by atoms with Crippen molar-refractivity contribution in [1.82, 2.24) is 5.32 Å². The number of hydrogen-bond acceptors (Lipinski definition) is 3. The van der Waals surface area contributed by atoms with Crippen molar-refractivity contribution in [3.05, 3.63) is 23.8 Å². The predicted octanol–water partition coefficient (Wildman–Crippen LogP) is 2.80. The number of nitrogens with one attached hydrogen (secondary N) is 2. The fraction of sp³-hybridized carbons (Fsp3) is 0.562. The third-order valence-electron chi connectivity index (χ3n) is 4.49. The lowest BCUT2D eigenvalue weighted by atomic mass is 9.87. The van der Waals surface area contributed by atoms with Crippen molar-refractivity contribution in [3.8, 4) is 5.75 Å². The molecule has 0 bridgehead atoms. The smallest absolute Gasteiger partial charge is 0.255 e. The van der Waals surface area contributed by atoms with Gasteiger partial charge in [-0.2, -0.15) is 0 Å². The molecule has 2 aliphatic rings. The van der Waals surface area contributed by atoms with Gasteiger partial charge in [-0.05, 0) is 30.4 Å². The van der Waals surface area contributed by atoms with E-state index < -0.39 is 0 Å². The fourth-order valence-corrected chi connectivity index (χ4v) is 3.18. The second kappa shape index (κ2) is 5.00. The number of carbonyl (C=O) groups excluding carboxylic acids is 1. The molecule has 1 atom stereocenters. The number of carbonyl (C=O) groups is 1. The summed E-state index contributed by atoms with van der Waals surface area (Å²) in [5.41, 5.74) is 1.73. The van der Waals surface area contributed by atoms with Crippen LogP contribution in [0.1, 0.15) is 43.5 Å². The van der Waals surface area contributed by atoms with Gasteiger partial charge in [-0.3, -0.25) is 4.79 Å². The van der Waals surface area contributed by atoms with Gasteiger partial charge in [0.25, 0.3) is 5.91 Å². The molecule has 0 radical (unpaired) electrons. The maximum atomic E-state index is 12.5. The van der Waals surface area contributed by atoms with E-state index in [0.717, 1.165) is 18.7 Å². The molecule has 1 aromatic carbocycles. The average Bonchev–Trinajstić information content (AvgIpc) is 2.77. The van der Waals surface area contributed by atoms with E-state index in [0.29, 0.717) is 17.9 Å². The molecule has 1 amide bonds. The first-order valence-electron chi connectivity index (χ1n) is 7.38. The van der Waals surface area contributed by atoms with Gasteiger partial charge in [0.05, 0.1) is 11.3 Å². The summed E-state index contributed by atoms with van der Waals surface area (Å²) >= 11 is 0. The zero-order valence-corrected chi connectivity index (χ0v) is 12.2. The summed E-state index contributed by atoms with van der Waals surface area (Å²) in [7, 11) is 0. The van der Waals surface area contributed by atoms with E-state index in [4.69, 9.17) is 4.74 Å². The molecule has 1 heterocycles. The normalized spacial score (nSPS) is 23.4. The molecule has 20 heavy (non-hydrogen) atoms. The van der Waals surface area contributed by atoms with Gasteiger partial charge >= 0.3 is 0 Å². The molecule has 0 spiro atoms. The van der Waals surface area contributed by atoms with Gasteiger partial charge in [-0.15, -0.1) is 0 Å². The largest absolute Gasteiger partial charge is 0.489 e. The standard InChI is InChI=1S/C16H22N2O2/c1-16(2)8-4-7-13(16)18-15(19)11-5-3-6-12-14(11)20-10-9-17-12/h3,5-6,13,17H,4,7-10H2,1-2H3,(H,18,19). The van der Waals surface area contributed by atoms with Gasteiger partial charge in [-0.25, -0.2) is 0 Å². The first-order valence-corrected chi connectivity index (χ1v) is 7.38. The van der Waals surface area contributed by atoms with Crippen LogP contribution in [0.15, 0.2) is 18.2 Å². The highest BCUT2D eigenvalue weighted by Gasteiger charge is 2.36. The Labute approximate surface area is 119 Å². The Morgan fingerprint density at radius 1 is 1.45 bits per heavy atom. The summed E-state index contributed by atoms with van der Waals surface area (Å²) in [6.45, 7) is 5.84. The van der Waals surface area contributed by atoms with Crippen molar-refractivity contribution in [3.63, 3.8) is 0 Å². The summed E-state index contributed by atoms with van der Waals surface area (Å²) in [4.78, 5) is 12.5. The monoisotopic (exact) mass is 274 g/mol. The van der Waals surface area contributed by atoms with E-state index in [9.17, 15) is 4.79 Å². The van der Waals surface area contributed by atoms with Crippen molar-refractivity contribution >= 4 is 11.6 Å². The highest BCUT2D eigenvalue weighted by molar-refractivity contribution is 5.99. The van der Waals surface area contributed by atoms with E-state index >= 15 is 0 Å². The molecular weight excluding hydrogens is 252 g/mol. The molecular formula is C16H22N2O2. The van der Waals surface area contributed by atoms with Crippen LogP contribution in [-0.4, -0.2) is 25.1 Å². The Balaban J connectivity index is 1.81. The topological polar surface area (TPSA) is 50.4 Å². The molecule has 1 fully saturated rings. The first kappa shape index (κ1) is 13.3. The summed E-state index contributed by atoms with van der Waals surface area (Å²) < 4.78 is 5.67. The van der Waals surface area contributed by atoms with Crippen LogP contribution >= 0.6 is 0 Å². The Morgan fingerprint density at radius 3 is 3.05 bits per heavy atom. The molecule has 0 aromatic heterocycles. The van der Waals surface area contributed by atoms with Crippen LogP contribution in [-0.2, 0) is 0 Å². The van der Waals surface area contributed by atoms with Crippen LogP contribution in [0, 0.1) is 5.41 Å². The van der Waals surface area contributed by atoms with Gasteiger partial charge < -0.3 is 15.4 Å². The third-order valence-corrected chi connectivity index (χ3v) is 4.49. The Kier molecular flexibility index (Phi) is 3.32. The molecule has 3 rings (SSSR count). The molecule has 0 saturated heterocycles. The highest BCUT2D eigenvalue weighted by atomic mass is 16.5. The van der Waals surface area contributed by atoms with Crippen LogP contribution in [0.5, 0.6) is 5.75 Å². The van der Waals surface area contributed by atoms with E-state index in [1.165, 1.54) is 12.8 Å². The van der Waals surface area contributed by atoms with Crippen molar-refractivity contribution in [2.45, 2.75) is 39.2 Å². The lowest BCUT2D eigenvalue weighted by molar-refractivity contribution is 0.0906. The Hall–Kier alpha value is -1.71. The van der Waals surface area contributed by atoms with Crippen LogP contribution in [0.3, 0.4) is 0 Å². The number of anilines is 1. The molecule has 4 heteroatoms. The van der Waals surface area contributed by atoms with Crippen molar-refractivity contribution in [2.75, 3.05) is 18.5 Å². The number of ether oxygens (including phenoxy) is 1. The Morgan fingerprint density at radius 2 is 2.30 bits per heavy atom. The Bertz CT molecular complexity index is 525. The molecule has 1 aliphatic carbocycles. The minimum Gasteiger partial charge on any atom is -0.489 e. The van der Waals surface area contributed by atoms with Gasteiger partial charge in [0.1, 0.15) is 6.61 Å². The number of rotatable bonds is 2. The van der Waals surface area contributed by atoms with E-state index in [2.05, 4.69) is 24.5 Å². The first-order chi connectivity index (χ1) is 9.58. The van der Waals surface area contributed by atoms with Crippen LogP contribution in [0.25, 0.3) is 0 Å². The molecule has 1 unspecified atom stereocenters. The molecule has 4 nitrogen and oxygen atoms in total. The summed E-state index contributed by atoms with van der Waals surface area (Å²) in [6.07, 6.45) is 3.42. The third kappa shape index (κ3) is 2.35. The molecule has 2 N–H and O–H groups in total. The SMILES string of the molecule is CC1(C)CCCC1NC(=O)c1cccc2c1OCCN2. The van der Waals surface area contributed by atoms with E-state index in [-0.39, 0.29) is 17.4 Å². The molecule has 1 aromatic rings. The number of para-hydroxylation sites is 1. The van der Waals surface area contributed by atoms with Gasteiger partial charge in [-0.1, -0.05) is 26.3 Å². The minimum atomic E-state index is -0.0227. The number of amides is 1. The number of hydrogen-bond donors (Lipinski definition) is 2. The lowest BCUT2D eigenvalue weighted by Gasteiger charge is -2.28. The van der Waals surface area contributed by atoms with E-state index in [1.807, 2.05) is 18.2 Å². The van der Waals surface area contributed by atoms with Gasteiger partial charge in [0.2, 0.25) is 0 Å². The molecule has 108 valence electrons. The second-order valence-corrected chi connectivity index (χ2v) is 6.36. The summed E-state index contributed by atoms with van der Waals surface area (Å²) in [5, 5.41) is 6.45. The quantitative estimate of drug-likeness (QED) is 0.872. The zero-order valence-electron chi connectivity index (χ0n) is 12.2. The van der Waals surface area contributed by atoms with Crippen LogP contribution in [0.4, 0.5) is 5.69 Å². The molecule has 1 saturated carbocycles. The van der Waals surface area contributed by atoms with Gasteiger partial charge in [0.15, 0.2) is 5.75 Å². The zero-order chi connectivity index (χ0) is 14.2. The average molecular weight is 274 g/mol. The predicted molar refractivity (Wildman–Crippen MR) is 79.3 cm³/mol. The van der Waals surface area contributed by atoms with Gasteiger partial charge in [0, 0.05) is 12.6 Å². The summed E-state index contributed by atoms with van der Waals surface area (Å²) in [6, 6.07) is 5.94. The molecule has 1 aliphatic heterocycles. The van der Waals surface area contributed by atoms with Crippen molar-refractivity contribution in [1.29, 1.82) is 0 Å². The van der Waals surface area contributed by atoms with Crippen molar-refractivity contribution in [2.24, 2.45) is 5.41 Å². The lowest BCUT2D eigenvalue weighted by Crippen LogP contribution is -2.41. The highest BCUT2D eigenvalue weighted by Crippen LogP contribution is 2.38. The van der Waals surface area contributed by atoms with Crippen LogP contribution < -0.4 is 15.4 Å². The van der Waals surface area contributed by atoms with Crippen LogP contribution in [0.2, 0.25) is 0 Å². The maximum absolute atomic E-state index is 12.5. The van der Waals surface area contributed by atoms with Crippen molar-refractivity contribution < 1.29 is 9.53 Å². The fourth-order valence-electron chi connectivity index (χ4n) is 3.18. The number of benzene rings is 1.